The fourth-order valence-corrected chi connectivity index (χ4v) is 1.96. The van der Waals surface area contributed by atoms with Crippen LogP contribution >= 0.6 is 0 Å². The van der Waals surface area contributed by atoms with Crippen molar-refractivity contribution in [1.29, 1.82) is 0 Å². The molecule has 1 amide bonds. The highest BCUT2D eigenvalue weighted by Gasteiger charge is 2.03. The lowest BCUT2D eigenvalue weighted by atomic mass is 10.3. The van der Waals surface area contributed by atoms with Crippen LogP contribution in [0.3, 0.4) is 0 Å². The van der Waals surface area contributed by atoms with Crippen molar-refractivity contribution >= 4 is 21.6 Å². The Morgan fingerprint density at radius 3 is 2.73 bits per heavy atom. The Morgan fingerprint density at radius 1 is 1.40 bits per heavy atom. The number of carbonyl (C=O) groups excluding carboxylic acids is 1. The number of nitrogens with one attached hydrogen (secondary N) is 1. The standard InChI is InChI=1S/C9H19NO4Si/c1-2-14-15-7-3-6-10-8(11)4-5-9(12)13/h2-7,15H2,1H3,(H,10,11)(H,12,13). The summed E-state index contributed by atoms with van der Waals surface area (Å²) in [6.07, 6.45) is 0.892. The zero-order chi connectivity index (χ0) is 11.5. The average molecular weight is 233 g/mol. The van der Waals surface area contributed by atoms with Crippen LogP contribution in [0.2, 0.25) is 6.04 Å². The van der Waals surface area contributed by atoms with Gasteiger partial charge in [-0.25, -0.2) is 0 Å². The lowest BCUT2D eigenvalue weighted by molar-refractivity contribution is -0.138. The van der Waals surface area contributed by atoms with Gasteiger partial charge in [0.1, 0.15) is 0 Å². The highest BCUT2D eigenvalue weighted by atomic mass is 28.2. The van der Waals surface area contributed by atoms with Crippen molar-refractivity contribution < 1.29 is 19.1 Å². The van der Waals surface area contributed by atoms with E-state index in [0.29, 0.717) is 6.54 Å². The van der Waals surface area contributed by atoms with Crippen LogP contribution in [0, 0.1) is 0 Å². The predicted octanol–water partition coefficient (Wildman–Crippen LogP) is -0.104. The van der Waals surface area contributed by atoms with Gasteiger partial charge in [0.25, 0.3) is 0 Å². The summed E-state index contributed by atoms with van der Waals surface area (Å²) < 4.78 is 5.27. The summed E-state index contributed by atoms with van der Waals surface area (Å²) in [6, 6.07) is 1.05. The third-order valence-corrected chi connectivity index (χ3v) is 3.29. The maximum Gasteiger partial charge on any atom is 0.303 e. The zero-order valence-electron chi connectivity index (χ0n) is 9.12. The number of carboxylic acids is 1. The molecule has 15 heavy (non-hydrogen) atoms. The summed E-state index contributed by atoms with van der Waals surface area (Å²) in [7, 11) is -0.403. The molecular formula is C9H19NO4Si. The molecule has 5 nitrogen and oxygen atoms in total. The molecule has 0 atom stereocenters. The van der Waals surface area contributed by atoms with Crippen LogP contribution in [-0.4, -0.2) is 39.9 Å². The number of aliphatic carboxylic acids is 1. The number of rotatable bonds is 9. The van der Waals surface area contributed by atoms with E-state index in [4.69, 9.17) is 9.53 Å². The molecule has 0 saturated heterocycles. The third-order valence-electron chi connectivity index (χ3n) is 1.81. The molecule has 0 aromatic carbocycles. The van der Waals surface area contributed by atoms with E-state index in [0.717, 1.165) is 19.1 Å². The monoisotopic (exact) mass is 233 g/mol. The van der Waals surface area contributed by atoms with Gasteiger partial charge < -0.3 is 14.8 Å². The van der Waals surface area contributed by atoms with Crippen molar-refractivity contribution in [3.05, 3.63) is 0 Å². The Morgan fingerprint density at radius 2 is 2.13 bits per heavy atom. The largest absolute Gasteiger partial charge is 0.481 e. The van der Waals surface area contributed by atoms with Gasteiger partial charge >= 0.3 is 5.97 Å². The highest BCUT2D eigenvalue weighted by molar-refractivity contribution is 6.26. The molecule has 6 heteroatoms. The minimum Gasteiger partial charge on any atom is -0.481 e. The van der Waals surface area contributed by atoms with Gasteiger partial charge in [0, 0.05) is 19.6 Å². The van der Waals surface area contributed by atoms with Crippen molar-refractivity contribution in [3.8, 4) is 0 Å². The molecule has 0 aromatic rings. The molecule has 0 bridgehead atoms. The van der Waals surface area contributed by atoms with Gasteiger partial charge in [-0.15, -0.1) is 0 Å². The first kappa shape index (κ1) is 14.1. The topological polar surface area (TPSA) is 75.6 Å². The van der Waals surface area contributed by atoms with Gasteiger partial charge in [-0.3, -0.25) is 9.59 Å². The molecule has 0 aliphatic carbocycles. The maximum absolute atomic E-state index is 11.0. The first-order valence-corrected chi connectivity index (χ1v) is 6.80. The molecule has 0 aromatic heterocycles. The molecule has 0 aliphatic rings. The van der Waals surface area contributed by atoms with Crippen LogP contribution in [0.15, 0.2) is 0 Å². The van der Waals surface area contributed by atoms with Crippen LogP contribution in [0.25, 0.3) is 0 Å². The summed E-state index contributed by atoms with van der Waals surface area (Å²) in [6.45, 7) is 3.37. The first-order valence-electron chi connectivity index (χ1n) is 5.23. The van der Waals surface area contributed by atoms with E-state index < -0.39 is 15.7 Å². The van der Waals surface area contributed by atoms with E-state index in [1.165, 1.54) is 0 Å². The van der Waals surface area contributed by atoms with Gasteiger partial charge in [0.2, 0.25) is 5.91 Å². The van der Waals surface area contributed by atoms with E-state index in [1.54, 1.807) is 0 Å². The Balaban J connectivity index is 3.20. The predicted molar refractivity (Wildman–Crippen MR) is 59.5 cm³/mol. The number of carbonyl (C=O) groups is 2. The van der Waals surface area contributed by atoms with Crippen molar-refractivity contribution in [3.63, 3.8) is 0 Å². The quantitative estimate of drug-likeness (QED) is 0.430. The second-order valence-electron chi connectivity index (χ2n) is 3.15. The molecule has 0 rings (SSSR count). The molecule has 0 spiro atoms. The van der Waals surface area contributed by atoms with Crippen molar-refractivity contribution in [1.82, 2.24) is 5.32 Å². The number of amides is 1. The van der Waals surface area contributed by atoms with Gasteiger partial charge in [0.05, 0.1) is 6.42 Å². The van der Waals surface area contributed by atoms with E-state index in [9.17, 15) is 9.59 Å². The minimum absolute atomic E-state index is 0.0677. The molecule has 0 saturated carbocycles. The van der Waals surface area contributed by atoms with E-state index in [1.807, 2.05) is 6.92 Å². The van der Waals surface area contributed by atoms with Gasteiger partial charge in [0.15, 0.2) is 9.76 Å². The average Bonchev–Trinajstić information content (AvgIpc) is 2.20. The molecule has 2 N–H and O–H groups in total. The summed E-state index contributed by atoms with van der Waals surface area (Å²) in [5, 5.41) is 11.0. The van der Waals surface area contributed by atoms with Crippen LogP contribution in [0.4, 0.5) is 0 Å². The van der Waals surface area contributed by atoms with Gasteiger partial charge in [-0.2, -0.15) is 0 Å². The van der Waals surface area contributed by atoms with E-state index >= 15 is 0 Å². The minimum atomic E-state index is -0.936. The molecule has 0 radical (unpaired) electrons. The van der Waals surface area contributed by atoms with Gasteiger partial charge in [-0.05, 0) is 19.4 Å². The first-order chi connectivity index (χ1) is 7.16. The summed E-state index contributed by atoms with van der Waals surface area (Å²) >= 11 is 0. The Labute approximate surface area is 92.1 Å². The fraction of sp³-hybridized carbons (Fsp3) is 0.778. The molecule has 0 fully saturated rings. The van der Waals surface area contributed by atoms with Crippen LogP contribution in [0.5, 0.6) is 0 Å². The lowest BCUT2D eigenvalue weighted by Gasteiger charge is -2.03. The third kappa shape index (κ3) is 11.0. The van der Waals surface area contributed by atoms with Crippen molar-refractivity contribution in [2.45, 2.75) is 32.2 Å². The fourth-order valence-electron chi connectivity index (χ4n) is 1.01. The number of hydrogen-bond donors (Lipinski definition) is 2. The smallest absolute Gasteiger partial charge is 0.303 e. The summed E-state index contributed by atoms with van der Waals surface area (Å²) in [5.74, 6) is -1.12. The second kappa shape index (κ2) is 9.66. The molecule has 0 heterocycles. The van der Waals surface area contributed by atoms with Gasteiger partial charge in [-0.1, -0.05) is 0 Å². The van der Waals surface area contributed by atoms with Crippen molar-refractivity contribution in [2.75, 3.05) is 13.2 Å². The normalized spacial score (nSPS) is 10.7. The molecule has 88 valence electrons. The Bertz CT molecular complexity index is 199. The second-order valence-corrected chi connectivity index (χ2v) is 4.67. The highest BCUT2D eigenvalue weighted by Crippen LogP contribution is 1.91. The SMILES string of the molecule is CCO[SiH2]CCCNC(=O)CCC(=O)O. The maximum atomic E-state index is 11.0. The molecular weight excluding hydrogens is 214 g/mol. The van der Waals surface area contributed by atoms with Crippen LogP contribution in [-0.2, 0) is 14.0 Å². The van der Waals surface area contributed by atoms with Crippen LogP contribution in [0.1, 0.15) is 26.2 Å². The Hall–Kier alpha value is -0.883. The van der Waals surface area contributed by atoms with Crippen LogP contribution < -0.4 is 5.32 Å². The molecule has 0 unspecified atom stereocenters. The molecule has 0 aliphatic heterocycles. The summed E-state index contributed by atoms with van der Waals surface area (Å²) in [4.78, 5) is 21.2. The Kier molecular flexibility index (Phi) is 9.09. The lowest BCUT2D eigenvalue weighted by Crippen LogP contribution is -2.25. The van der Waals surface area contributed by atoms with Crippen molar-refractivity contribution in [2.24, 2.45) is 0 Å². The number of carboxylic acid groups (broad SMARTS) is 1. The number of hydrogen-bond acceptors (Lipinski definition) is 3. The van der Waals surface area contributed by atoms with E-state index in [2.05, 4.69) is 5.32 Å². The zero-order valence-corrected chi connectivity index (χ0v) is 10.5. The summed E-state index contributed by atoms with van der Waals surface area (Å²) in [5.41, 5.74) is 0. The van der Waals surface area contributed by atoms with E-state index in [-0.39, 0.29) is 18.7 Å².